The number of nitrogens with zero attached hydrogens (tertiary/aromatic N) is 2. The van der Waals surface area contributed by atoms with Crippen LogP contribution in [0.2, 0.25) is 0 Å². The van der Waals surface area contributed by atoms with Gasteiger partial charge in [0.1, 0.15) is 5.82 Å². The van der Waals surface area contributed by atoms with Gasteiger partial charge in [0.05, 0.1) is 16.8 Å². The minimum absolute atomic E-state index is 0.146. The van der Waals surface area contributed by atoms with E-state index in [2.05, 4.69) is 26.7 Å². The van der Waals surface area contributed by atoms with Crippen molar-refractivity contribution in [3.8, 4) is 0 Å². The third-order valence-electron chi connectivity index (χ3n) is 4.46. The largest absolute Gasteiger partial charge is 0.348 e. The summed E-state index contributed by atoms with van der Waals surface area (Å²) in [6.45, 7) is 2.52. The molecule has 2 aromatic heterocycles. The monoisotopic (exact) mass is 368 g/mol. The SMILES string of the molecule is Cc1cccc(CNC(=O)c2ccc(Nc3cccc4cccnc34)nc2)c1. The Bertz CT molecular complexity index is 1120. The molecule has 0 saturated heterocycles. The predicted molar refractivity (Wildman–Crippen MR) is 112 cm³/mol. The molecule has 0 radical (unpaired) electrons. The third kappa shape index (κ3) is 3.99. The Kier molecular flexibility index (Phi) is 4.97. The number of nitrogens with one attached hydrogen (secondary N) is 2. The van der Waals surface area contributed by atoms with Crippen LogP contribution in [0, 0.1) is 6.92 Å². The van der Waals surface area contributed by atoms with Gasteiger partial charge in [0.25, 0.3) is 5.91 Å². The number of fused-ring (bicyclic) bond motifs is 1. The number of aryl methyl sites for hydroxylation is 1. The highest BCUT2D eigenvalue weighted by molar-refractivity contribution is 5.94. The highest BCUT2D eigenvalue weighted by atomic mass is 16.1. The zero-order valence-corrected chi connectivity index (χ0v) is 15.5. The van der Waals surface area contributed by atoms with Gasteiger partial charge in [-0.2, -0.15) is 0 Å². The van der Waals surface area contributed by atoms with Crippen molar-refractivity contribution in [2.75, 3.05) is 5.32 Å². The maximum Gasteiger partial charge on any atom is 0.253 e. The molecule has 0 saturated carbocycles. The molecule has 2 aromatic carbocycles. The third-order valence-corrected chi connectivity index (χ3v) is 4.46. The van der Waals surface area contributed by atoms with E-state index >= 15 is 0 Å². The first-order valence-electron chi connectivity index (χ1n) is 9.09. The Hall–Kier alpha value is -3.73. The number of amides is 1. The fourth-order valence-electron chi connectivity index (χ4n) is 3.05. The number of carbonyl (C=O) groups is 1. The van der Waals surface area contributed by atoms with E-state index in [0.717, 1.165) is 22.2 Å². The molecule has 1 amide bonds. The highest BCUT2D eigenvalue weighted by Crippen LogP contribution is 2.23. The van der Waals surface area contributed by atoms with Gasteiger partial charge in [0.15, 0.2) is 0 Å². The topological polar surface area (TPSA) is 66.9 Å². The zero-order valence-electron chi connectivity index (χ0n) is 15.5. The van der Waals surface area contributed by atoms with Gasteiger partial charge in [-0.25, -0.2) is 4.98 Å². The van der Waals surface area contributed by atoms with Crippen LogP contribution in [0.15, 0.2) is 79.1 Å². The molecule has 0 aliphatic rings. The normalized spacial score (nSPS) is 10.6. The summed E-state index contributed by atoms with van der Waals surface area (Å²) < 4.78 is 0. The van der Waals surface area contributed by atoms with E-state index in [1.54, 1.807) is 24.5 Å². The Morgan fingerprint density at radius 1 is 0.964 bits per heavy atom. The first kappa shape index (κ1) is 17.7. The van der Waals surface area contributed by atoms with Crippen LogP contribution in [0.3, 0.4) is 0 Å². The summed E-state index contributed by atoms with van der Waals surface area (Å²) in [5, 5.41) is 7.25. The first-order chi connectivity index (χ1) is 13.7. The van der Waals surface area contributed by atoms with E-state index in [1.807, 2.05) is 55.5 Å². The fourth-order valence-corrected chi connectivity index (χ4v) is 3.05. The second-order valence-electron chi connectivity index (χ2n) is 6.61. The van der Waals surface area contributed by atoms with Gasteiger partial charge in [-0.05, 0) is 36.8 Å². The molecule has 5 nitrogen and oxygen atoms in total. The standard InChI is InChI=1S/C23H20N4O/c1-16-5-2-6-17(13-16)14-26-23(28)19-10-11-21(25-15-19)27-20-9-3-7-18-8-4-12-24-22(18)20/h2-13,15H,14H2,1H3,(H,25,27)(H,26,28). The van der Waals surface area contributed by atoms with Crippen LogP contribution in [0.4, 0.5) is 11.5 Å². The van der Waals surface area contributed by atoms with Gasteiger partial charge in [0, 0.05) is 24.3 Å². The fraction of sp³-hybridized carbons (Fsp3) is 0.0870. The molecular formula is C23H20N4O. The van der Waals surface area contributed by atoms with E-state index in [9.17, 15) is 4.79 Å². The molecule has 2 heterocycles. The number of carbonyl (C=O) groups excluding carboxylic acids is 1. The molecule has 0 aliphatic heterocycles. The molecular weight excluding hydrogens is 348 g/mol. The number of aromatic nitrogens is 2. The predicted octanol–water partition coefficient (Wildman–Crippen LogP) is 4.61. The molecule has 0 atom stereocenters. The molecule has 0 spiro atoms. The summed E-state index contributed by atoms with van der Waals surface area (Å²) in [6, 6.07) is 21.5. The van der Waals surface area contributed by atoms with E-state index in [-0.39, 0.29) is 5.91 Å². The lowest BCUT2D eigenvalue weighted by Gasteiger charge is -2.09. The maximum atomic E-state index is 12.4. The molecule has 0 aliphatic carbocycles. The second-order valence-corrected chi connectivity index (χ2v) is 6.61. The van der Waals surface area contributed by atoms with Crippen LogP contribution in [0.1, 0.15) is 21.5 Å². The minimum Gasteiger partial charge on any atom is -0.348 e. The Morgan fingerprint density at radius 2 is 1.82 bits per heavy atom. The smallest absolute Gasteiger partial charge is 0.253 e. The Balaban J connectivity index is 1.44. The minimum atomic E-state index is -0.146. The zero-order chi connectivity index (χ0) is 19.3. The van der Waals surface area contributed by atoms with Crippen molar-refractivity contribution >= 4 is 28.3 Å². The molecule has 4 rings (SSSR count). The van der Waals surface area contributed by atoms with Gasteiger partial charge < -0.3 is 10.6 Å². The van der Waals surface area contributed by atoms with E-state index < -0.39 is 0 Å². The number of hydrogen-bond acceptors (Lipinski definition) is 4. The lowest BCUT2D eigenvalue weighted by molar-refractivity contribution is 0.0950. The van der Waals surface area contributed by atoms with Crippen molar-refractivity contribution < 1.29 is 4.79 Å². The molecule has 28 heavy (non-hydrogen) atoms. The van der Waals surface area contributed by atoms with Gasteiger partial charge in [-0.1, -0.05) is 48.0 Å². The lowest BCUT2D eigenvalue weighted by atomic mass is 10.1. The van der Waals surface area contributed by atoms with Crippen LogP contribution < -0.4 is 10.6 Å². The van der Waals surface area contributed by atoms with Crippen LogP contribution >= 0.6 is 0 Å². The van der Waals surface area contributed by atoms with Gasteiger partial charge in [0.2, 0.25) is 0 Å². The van der Waals surface area contributed by atoms with Crippen LogP contribution in [0.25, 0.3) is 10.9 Å². The van der Waals surface area contributed by atoms with Crippen molar-refractivity contribution in [1.82, 2.24) is 15.3 Å². The van der Waals surface area contributed by atoms with Crippen molar-refractivity contribution in [3.05, 3.63) is 95.8 Å². The van der Waals surface area contributed by atoms with Gasteiger partial charge in [-0.3, -0.25) is 9.78 Å². The van der Waals surface area contributed by atoms with Crippen molar-refractivity contribution in [2.45, 2.75) is 13.5 Å². The van der Waals surface area contributed by atoms with E-state index in [1.165, 1.54) is 5.56 Å². The number of benzene rings is 2. The summed E-state index contributed by atoms with van der Waals surface area (Å²) in [5.74, 6) is 0.515. The number of anilines is 2. The molecule has 138 valence electrons. The van der Waals surface area contributed by atoms with Crippen LogP contribution in [0.5, 0.6) is 0 Å². The van der Waals surface area contributed by atoms with Crippen LogP contribution in [-0.2, 0) is 6.54 Å². The number of hydrogen-bond donors (Lipinski definition) is 2. The first-order valence-corrected chi connectivity index (χ1v) is 9.09. The summed E-state index contributed by atoms with van der Waals surface area (Å²) >= 11 is 0. The lowest BCUT2D eigenvalue weighted by Crippen LogP contribution is -2.22. The summed E-state index contributed by atoms with van der Waals surface area (Å²) in [5.41, 5.74) is 4.53. The van der Waals surface area contributed by atoms with Crippen LogP contribution in [-0.4, -0.2) is 15.9 Å². The quantitative estimate of drug-likeness (QED) is 0.540. The molecule has 0 unspecified atom stereocenters. The average Bonchev–Trinajstić information content (AvgIpc) is 2.73. The maximum absolute atomic E-state index is 12.4. The van der Waals surface area contributed by atoms with Gasteiger partial charge in [-0.15, -0.1) is 0 Å². The number of pyridine rings is 2. The average molecular weight is 368 g/mol. The molecule has 0 bridgehead atoms. The summed E-state index contributed by atoms with van der Waals surface area (Å²) in [6.07, 6.45) is 3.34. The molecule has 2 N–H and O–H groups in total. The highest BCUT2D eigenvalue weighted by Gasteiger charge is 2.07. The van der Waals surface area contributed by atoms with Crippen molar-refractivity contribution in [1.29, 1.82) is 0 Å². The number of para-hydroxylation sites is 1. The second kappa shape index (κ2) is 7.88. The number of rotatable bonds is 5. The molecule has 4 aromatic rings. The van der Waals surface area contributed by atoms with Gasteiger partial charge >= 0.3 is 0 Å². The van der Waals surface area contributed by atoms with Crippen molar-refractivity contribution in [2.24, 2.45) is 0 Å². The molecule has 5 heteroatoms. The summed E-state index contributed by atoms with van der Waals surface area (Å²) in [4.78, 5) is 21.2. The molecule has 0 fully saturated rings. The summed E-state index contributed by atoms with van der Waals surface area (Å²) in [7, 11) is 0. The van der Waals surface area contributed by atoms with E-state index in [0.29, 0.717) is 17.9 Å². The van der Waals surface area contributed by atoms with Crippen molar-refractivity contribution in [3.63, 3.8) is 0 Å². The van der Waals surface area contributed by atoms with E-state index in [4.69, 9.17) is 0 Å². The Morgan fingerprint density at radius 3 is 2.64 bits per heavy atom. The Labute approximate surface area is 163 Å².